The normalized spacial score (nSPS) is 14.6. The Kier molecular flexibility index (Phi) is 7.13. The third-order valence-electron chi connectivity index (χ3n) is 7.52. The van der Waals surface area contributed by atoms with Crippen LogP contribution in [-0.2, 0) is 0 Å². The highest BCUT2D eigenvalue weighted by atomic mass is 16.5. The number of pyridine rings is 1. The van der Waals surface area contributed by atoms with Gasteiger partial charge in [-0.25, -0.2) is 0 Å². The molecule has 204 valence electrons. The lowest BCUT2D eigenvalue weighted by molar-refractivity contribution is 0.414. The van der Waals surface area contributed by atoms with Crippen LogP contribution in [0.15, 0.2) is 119 Å². The first-order chi connectivity index (χ1) is 20.0. The van der Waals surface area contributed by atoms with Crippen molar-refractivity contribution < 1.29 is 9.47 Å². The Morgan fingerprint density at radius 2 is 1.39 bits per heavy atom. The Morgan fingerprint density at radius 3 is 2.02 bits per heavy atom. The zero-order valence-corrected chi connectivity index (χ0v) is 23.3. The average Bonchev–Trinajstić information content (AvgIpc) is 3.46. The van der Waals surface area contributed by atoms with Crippen LogP contribution in [0.3, 0.4) is 0 Å². The van der Waals surface area contributed by atoms with E-state index in [1.165, 1.54) is 0 Å². The smallest absolute Gasteiger partial charge is 0.258 e. The highest BCUT2D eigenvalue weighted by Gasteiger charge is 2.32. The van der Waals surface area contributed by atoms with E-state index < -0.39 is 0 Å². The van der Waals surface area contributed by atoms with E-state index >= 15 is 0 Å². The molecule has 6 rings (SSSR count). The van der Waals surface area contributed by atoms with Crippen molar-refractivity contribution in [2.75, 3.05) is 19.2 Å². The van der Waals surface area contributed by atoms with Gasteiger partial charge in [-0.3, -0.25) is 9.80 Å². The van der Waals surface area contributed by atoms with Crippen molar-refractivity contribution in [3.8, 4) is 33.9 Å². The first-order valence-electron chi connectivity index (χ1n) is 13.6. The number of hydrogen-bond donors (Lipinski definition) is 1. The van der Waals surface area contributed by atoms with Crippen LogP contribution in [0, 0.1) is 6.92 Å². The van der Waals surface area contributed by atoms with Gasteiger partial charge in [-0.1, -0.05) is 72.3 Å². The molecule has 6 heteroatoms. The fourth-order valence-electron chi connectivity index (χ4n) is 5.30. The van der Waals surface area contributed by atoms with Crippen LogP contribution in [0.1, 0.15) is 29.2 Å². The SMILES string of the molecule is COc1ccc(-c2cc(-c3ccc(C)cc3)[nH]c(=O)c2C2=NN(c3ccccc3)C(c3ccc(OC)cc3)C2)cc1. The highest BCUT2D eigenvalue weighted by Crippen LogP contribution is 2.39. The molecule has 1 aliphatic rings. The zero-order chi connectivity index (χ0) is 28.3. The van der Waals surface area contributed by atoms with Crippen molar-refractivity contribution in [3.05, 3.63) is 136 Å². The number of hydrogen-bond acceptors (Lipinski definition) is 5. The molecule has 0 saturated carbocycles. The fraction of sp³-hybridized carbons (Fsp3) is 0.143. The van der Waals surface area contributed by atoms with E-state index in [0.29, 0.717) is 12.0 Å². The van der Waals surface area contributed by atoms with Crippen molar-refractivity contribution in [2.45, 2.75) is 19.4 Å². The molecule has 1 aliphatic heterocycles. The number of hydrazone groups is 1. The highest BCUT2D eigenvalue weighted by molar-refractivity contribution is 6.08. The Labute approximate surface area is 239 Å². The van der Waals surface area contributed by atoms with Crippen LogP contribution in [0.2, 0.25) is 0 Å². The van der Waals surface area contributed by atoms with E-state index in [-0.39, 0.29) is 11.6 Å². The van der Waals surface area contributed by atoms with E-state index in [4.69, 9.17) is 14.6 Å². The number of nitrogens with one attached hydrogen (secondary N) is 1. The lowest BCUT2D eigenvalue weighted by Crippen LogP contribution is -2.20. The second-order valence-corrected chi connectivity index (χ2v) is 10.1. The van der Waals surface area contributed by atoms with E-state index in [2.05, 4.69) is 23.2 Å². The monoisotopic (exact) mass is 541 g/mol. The number of H-pyrrole nitrogens is 1. The molecular weight excluding hydrogens is 510 g/mol. The molecule has 0 aliphatic carbocycles. The number of aromatic amines is 1. The van der Waals surface area contributed by atoms with Gasteiger partial charge in [0.1, 0.15) is 11.5 Å². The van der Waals surface area contributed by atoms with Crippen molar-refractivity contribution in [2.24, 2.45) is 5.10 Å². The number of nitrogens with zero attached hydrogens (tertiary/aromatic N) is 2. The van der Waals surface area contributed by atoms with Crippen LogP contribution in [0.25, 0.3) is 22.4 Å². The molecule has 0 saturated heterocycles. The third kappa shape index (κ3) is 5.24. The molecule has 1 N–H and O–H groups in total. The molecule has 2 heterocycles. The predicted molar refractivity (Wildman–Crippen MR) is 165 cm³/mol. The molecule has 5 aromatic rings. The van der Waals surface area contributed by atoms with Crippen LogP contribution in [0.5, 0.6) is 11.5 Å². The number of benzene rings is 4. The minimum absolute atomic E-state index is 0.0850. The molecule has 1 atom stereocenters. The molecule has 0 spiro atoms. The zero-order valence-electron chi connectivity index (χ0n) is 23.3. The quantitative estimate of drug-likeness (QED) is 0.233. The van der Waals surface area contributed by atoms with E-state index in [1.54, 1.807) is 14.2 Å². The maximum absolute atomic E-state index is 14.0. The molecule has 41 heavy (non-hydrogen) atoms. The second-order valence-electron chi connectivity index (χ2n) is 10.1. The largest absolute Gasteiger partial charge is 0.497 e. The number of para-hydroxylation sites is 1. The van der Waals surface area contributed by atoms with Crippen molar-refractivity contribution >= 4 is 11.4 Å². The first-order valence-corrected chi connectivity index (χ1v) is 13.6. The molecule has 1 unspecified atom stereocenters. The molecule has 0 bridgehead atoms. The summed E-state index contributed by atoms with van der Waals surface area (Å²) in [5.41, 5.74) is 7.80. The summed E-state index contributed by atoms with van der Waals surface area (Å²) in [6.45, 7) is 2.05. The Morgan fingerprint density at radius 1 is 0.780 bits per heavy atom. The summed E-state index contributed by atoms with van der Waals surface area (Å²) in [7, 11) is 3.31. The molecule has 0 radical (unpaired) electrons. The van der Waals surface area contributed by atoms with Crippen LogP contribution in [-0.4, -0.2) is 24.9 Å². The number of anilines is 1. The topological polar surface area (TPSA) is 66.9 Å². The summed E-state index contributed by atoms with van der Waals surface area (Å²) in [5.74, 6) is 1.55. The van der Waals surface area contributed by atoms with E-state index in [9.17, 15) is 4.79 Å². The van der Waals surface area contributed by atoms with Crippen LogP contribution in [0.4, 0.5) is 5.69 Å². The summed E-state index contributed by atoms with van der Waals surface area (Å²) in [5, 5.41) is 7.11. The average molecular weight is 542 g/mol. The van der Waals surface area contributed by atoms with E-state index in [1.807, 2.05) is 103 Å². The summed E-state index contributed by atoms with van der Waals surface area (Å²) >= 11 is 0. The lowest BCUT2D eigenvalue weighted by atomic mass is 9.92. The van der Waals surface area contributed by atoms with Crippen LogP contribution < -0.4 is 20.0 Å². The molecule has 4 aromatic carbocycles. The van der Waals surface area contributed by atoms with Gasteiger partial charge in [0.2, 0.25) is 0 Å². The minimum Gasteiger partial charge on any atom is -0.497 e. The van der Waals surface area contributed by atoms with E-state index in [0.717, 1.165) is 56.4 Å². The van der Waals surface area contributed by atoms with Gasteiger partial charge in [0.15, 0.2) is 0 Å². The third-order valence-corrected chi connectivity index (χ3v) is 7.52. The Hall–Kier alpha value is -5.10. The van der Waals surface area contributed by atoms with Gasteiger partial charge in [0, 0.05) is 12.1 Å². The van der Waals surface area contributed by atoms with Gasteiger partial charge >= 0.3 is 0 Å². The molecular formula is C35H31N3O3. The summed E-state index contributed by atoms with van der Waals surface area (Å²) in [6.07, 6.45) is 0.567. The van der Waals surface area contributed by atoms with Crippen molar-refractivity contribution in [1.29, 1.82) is 0 Å². The van der Waals surface area contributed by atoms with Crippen molar-refractivity contribution in [3.63, 3.8) is 0 Å². The lowest BCUT2D eigenvalue weighted by Gasteiger charge is -2.24. The summed E-state index contributed by atoms with van der Waals surface area (Å²) in [4.78, 5) is 17.1. The fourth-order valence-corrected chi connectivity index (χ4v) is 5.30. The summed E-state index contributed by atoms with van der Waals surface area (Å²) < 4.78 is 10.8. The molecule has 0 fully saturated rings. The van der Waals surface area contributed by atoms with Gasteiger partial charge < -0.3 is 14.5 Å². The van der Waals surface area contributed by atoms with Crippen molar-refractivity contribution in [1.82, 2.24) is 4.98 Å². The Bertz CT molecular complexity index is 1740. The standard InChI is InChI=1S/C35H31N3O3/c1-23-9-11-25(12-10-23)31-21-30(24-13-17-28(40-2)18-14-24)34(35(39)36-31)32-22-33(26-15-19-29(41-3)20-16-26)38(37-32)27-7-5-4-6-8-27/h4-21,33H,22H2,1-3H3,(H,36,39). The van der Waals surface area contributed by atoms with Gasteiger partial charge in [-0.15, -0.1) is 0 Å². The number of rotatable bonds is 7. The predicted octanol–water partition coefficient (Wildman–Crippen LogP) is 7.39. The van der Waals surface area contributed by atoms with Gasteiger partial charge in [-0.05, 0) is 71.6 Å². The second kappa shape index (κ2) is 11.2. The molecule has 6 nitrogen and oxygen atoms in total. The van der Waals surface area contributed by atoms with Gasteiger partial charge in [0.05, 0.1) is 37.2 Å². The number of aromatic nitrogens is 1. The minimum atomic E-state index is -0.170. The molecule has 1 aromatic heterocycles. The van der Waals surface area contributed by atoms with Gasteiger partial charge in [-0.2, -0.15) is 5.10 Å². The maximum atomic E-state index is 14.0. The summed E-state index contributed by atoms with van der Waals surface area (Å²) in [6, 6.07) is 36.0. The number of aryl methyl sites for hydroxylation is 1. The Balaban J connectivity index is 1.51. The number of ether oxygens (including phenoxy) is 2. The first kappa shape index (κ1) is 26.1. The number of methoxy groups -OCH3 is 2. The molecule has 0 amide bonds. The van der Waals surface area contributed by atoms with Crippen LogP contribution >= 0.6 is 0 Å². The van der Waals surface area contributed by atoms with Gasteiger partial charge in [0.25, 0.3) is 5.56 Å². The maximum Gasteiger partial charge on any atom is 0.258 e.